The summed E-state index contributed by atoms with van der Waals surface area (Å²) in [5.41, 5.74) is 1.83. The second kappa shape index (κ2) is 5.87. The standard InChI is InChI=1S/C20H14N2O3/c1-12-9-10-13-6-4-7-16(18(13)21-12)22-19(23)15-11-14-5-2-3-8-17(14)25-20(15)24/h2-11H,1H3,(H,22,23). The monoisotopic (exact) mass is 330 g/mol. The van der Waals surface area contributed by atoms with Gasteiger partial charge in [0.1, 0.15) is 11.1 Å². The average Bonchev–Trinajstić information content (AvgIpc) is 2.61. The molecule has 4 rings (SSSR count). The molecular formula is C20H14N2O3. The van der Waals surface area contributed by atoms with Crippen LogP contribution in [-0.2, 0) is 0 Å². The SMILES string of the molecule is Cc1ccc2cccc(NC(=O)c3cc4ccccc4oc3=O)c2n1. The van der Waals surface area contributed by atoms with Crippen molar-refractivity contribution in [2.45, 2.75) is 6.92 Å². The molecule has 2 heterocycles. The van der Waals surface area contributed by atoms with E-state index >= 15 is 0 Å². The third-order valence-corrected chi connectivity index (χ3v) is 3.99. The van der Waals surface area contributed by atoms with Gasteiger partial charge in [-0.25, -0.2) is 4.79 Å². The highest BCUT2D eigenvalue weighted by Gasteiger charge is 2.15. The number of carbonyl (C=O) groups excluding carboxylic acids is 1. The van der Waals surface area contributed by atoms with Crippen molar-refractivity contribution in [3.8, 4) is 0 Å². The number of pyridine rings is 1. The summed E-state index contributed by atoms with van der Waals surface area (Å²) < 4.78 is 5.23. The predicted molar refractivity (Wildman–Crippen MR) is 96.9 cm³/mol. The Bertz CT molecular complexity index is 1180. The summed E-state index contributed by atoms with van der Waals surface area (Å²) in [6.07, 6.45) is 0. The van der Waals surface area contributed by atoms with Crippen molar-refractivity contribution < 1.29 is 9.21 Å². The van der Waals surface area contributed by atoms with E-state index < -0.39 is 11.5 Å². The fourth-order valence-electron chi connectivity index (χ4n) is 2.76. The van der Waals surface area contributed by atoms with Crippen LogP contribution >= 0.6 is 0 Å². The minimum absolute atomic E-state index is 0.0386. The van der Waals surface area contributed by atoms with Crippen LogP contribution in [0.1, 0.15) is 16.1 Å². The number of nitrogens with zero attached hydrogens (tertiary/aromatic N) is 1. The van der Waals surface area contributed by atoms with Crippen molar-refractivity contribution in [2.75, 3.05) is 5.32 Å². The summed E-state index contributed by atoms with van der Waals surface area (Å²) >= 11 is 0. The van der Waals surface area contributed by atoms with Crippen LogP contribution in [0.25, 0.3) is 21.9 Å². The first-order chi connectivity index (χ1) is 12.1. The summed E-state index contributed by atoms with van der Waals surface area (Å²) in [6, 6.07) is 18.0. The molecule has 0 aliphatic heterocycles. The zero-order valence-corrected chi connectivity index (χ0v) is 13.4. The third kappa shape index (κ3) is 2.76. The van der Waals surface area contributed by atoms with E-state index in [9.17, 15) is 9.59 Å². The van der Waals surface area contributed by atoms with Gasteiger partial charge in [-0.1, -0.05) is 36.4 Å². The molecule has 4 aromatic rings. The highest BCUT2D eigenvalue weighted by Crippen LogP contribution is 2.22. The number of hydrogen-bond donors (Lipinski definition) is 1. The van der Waals surface area contributed by atoms with Crippen molar-refractivity contribution >= 4 is 33.5 Å². The maximum absolute atomic E-state index is 12.6. The highest BCUT2D eigenvalue weighted by atomic mass is 16.4. The fraction of sp³-hybridized carbons (Fsp3) is 0.0500. The Morgan fingerprint density at radius 3 is 2.68 bits per heavy atom. The lowest BCUT2D eigenvalue weighted by molar-refractivity contribution is 0.102. The number of fused-ring (bicyclic) bond motifs is 2. The van der Waals surface area contributed by atoms with Gasteiger partial charge >= 0.3 is 5.63 Å². The Labute approximate surface area is 142 Å². The Morgan fingerprint density at radius 2 is 1.80 bits per heavy atom. The van der Waals surface area contributed by atoms with Gasteiger partial charge in [0.15, 0.2) is 0 Å². The summed E-state index contributed by atoms with van der Waals surface area (Å²) in [4.78, 5) is 29.2. The second-order valence-electron chi connectivity index (χ2n) is 5.77. The van der Waals surface area contributed by atoms with Crippen LogP contribution < -0.4 is 10.9 Å². The molecule has 0 spiro atoms. The molecule has 25 heavy (non-hydrogen) atoms. The topological polar surface area (TPSA) is 72.2 Å². The number of aromatic nitrogens is 1. The average molecular weight is 330 g/mol. The van der Waals surface area contributed by atoms with Gasteiger partial charge in [-0.05, 0) is 31.2 Å². The maximum Gasteiger partial charge on any atom is 0.349 e. The summed E-state index contributed by atoms with van der Waals surface area (Å²) in [6.45, 7) is 1.88. The summed E-state index contributed by atoms with van der Waals surface area (Å²) in [5, 5.41) is 4.38. The highest BCUT2D eigenvalue weighted by molar-refractivity contribution is 6.09. The summed E-state index contributed by atoms with van der Waals surface area (Å²) in [7, 11) is 0. The zero-order valence-electron chi connectivity index (χ0n) is 13.4. The smallest absolute Gasteiger partial charge is 0.349 e. The molecule has 0 aliphatic rings. The fourth-order valence-corrected chi connectivity index (χ4v) is 2.76. The number of hydrogen-bond acceptors (Lipinski definition) is 4. The minimum Gasteiger partial charge on any atom is -0.422 e. The Morgan fingerprint density at radius 1 is 1.00 bits per heavy atom. The van der Waals surface area contributed by atoms with Crippen molar-refractivity contribution in [2.24, 2.45) is 0 Å². The van der Waals surface area contributed by atoms with E-state index in [4.69, 9.17) is 4.42 Å². The van der Waals surface area contributed by atoms with Gasteiger partial charge in [0.2, 0.25) is 0 Å². The van der Waals surface area contributed by atoms with E-state index in [1.165, 1.54) is 0 Å². The van der Waals surface area contributed by atoms with E-state index in [-0.39, 0.29) is 5.56 Å². The molecule has 2 aromatic heterocycles. The molecular weight excluding hydrogens is 316 g/mol. The number of benzene rings is 2. The number of anilines is 1. The quantitative estimate of drug-likeness (QED) is 0.566. The van der Waals surface area contributed by atoms with Gasteiger partial charge in [-0.3, -0.25) is 9.78 Å². The number of amides is 1. The van der Waals surface area contributed by atoms with E-state index in [2.05, 4.69) is 10.3 Å². The third-order valence-electron chi connectivity index (χ3n) is 3.99. The maximum atomic E-state index is 12.6. The Kier molecular flexibility index (Phi) is 3.54. The van der Waals surface area contributed by atoms with Crippen LogP contribution in [0.15, 0.2) is 69.9 Å². The van der Waals surface area contributed by atoms with Gasteiger partial charge in [-0.15, -0.1) is 0 Å². The Balaban J connectivity index is 1.77. The lowest BCUT2D eigenvalue weighted by Crippen LogP contribution is -2.20. The van der Waals surface area contributed by atoms with Gasteiger partial charge in [0, 0.05) is 16.5 Å². The normalized spacial score (nSPS) is 10.9. The number of aryl methyl sites for hydroxylation is 1. The van der Waals surface area contributed by atoms with E-state index in [1.807, 2.05) is 37.3 Å². The molecule has 2 aromatic carbocycles. The molecule has 5 nitrogen and oxygen atoms in total. The largest absolute Gasteiger partial charge is 0.422 e. The molecule has 0 fully saturated rings. The van der Waals surface area contributed by atoms with Gasteiger partial charge in [0.05, 0.1) is 11.2 Å². The molecule has 0 atom stereocenters. The lowest BCUT2D eigenvalue weighted by Gasteiger charge is -2.08. The predicted octanol–water partition coefficient (Wildman–Crippen LogP) is 3.90. The van der Waals surface area contributed by atoms with Crippen molar-refractivity contribution in [3.05, 3.63) is 82.3 Å². The second-order valence-corrected chi connectivity index (χ2v) is 5.77. The van der Waals surface area contributed by atoms with Crippen LogP contribution in [-0.4, -0.2) is 10.9 Å². The van der Waals surface area contributed by atoms with Crippen LogP contribution in [0.5, 0.6) is 0 Å². The van der Waals surface area contributed by atoms with E-state index in [0.29, 0.717) is 22.2 Å². The van der Waals surface area contributed by atoms with E-state index in [1.54, 1.807) is 30.3 Å². The number of rotatable bonds is 2. The molecule has 5 heteroatoms. The van der Waals surface area contributed by atoms with Crippen molar-refractivity contribution in [1.82, 2.24) is 4.98 Å². The molecule has 122 valence electrons. The van der Waals surface area contributed by atoms with Crippen molar-refractivity contribution in [1.29, 1.82) is 0 Å². The first-order valence-electron chi connectivity index (χ1n) is 7.82. The van der Waals surface area contributed by atoms with Gasteiger partial charge in [0.25, 0.3) is 5.91 Å². The summed E-state index contributed by atoms with van der Waals surface area (Å²) in [5.74, 6) is -0.518. The molecule has 0 aliphatic carbocycles. The molecule has 0 unspecified atom stereocenters. The van der Waals surface area contributed by atoms with Crippen LogP contribution in [0.4, 0.5) is 5.69 Å². The molecule has 1 N–H and O–H groups in total. The van der Waals surface area contributed by atoms with Gasteiger partial charge in [-0.2, -0.15) is 0 Å². The van der Waals surface area contributed by atoms with Gasteiger partial charge < -0.3 is 9.73 Å². The first kappa shape index (κ1) is 15.1. The van der Waals surface area contributed by atoms with Crippen molar-refractivity contribution in [3.63, 3.8) is 0 Å². The number of carbonyl (C=O) groups is 1. The molecule has 0 saturated heterocycles. The van der Waals surface area contributed by atoms with Crippen LogP contribution in [0.2, 0.25) is 0 Å². The van der Waals surface area contributed by atoms with E-state index in [0.717, 1.165) is 11.1 Å². The number of para-hydroxylation sites is 2. The molecule has 0 bridgehead atoms. The van der Waals surface area contributed by atoms with Crippen LogP contribution in [0.3, 0.4) is 0 Å². The number of nitrogens with one attached hydrogen (secondary N) is 1. The Hall–Kier alpha value is -3.47. The molecule has 0 radical (unpaired) electrons. The first-order valence-corrected chi connectivity index (χ1v) is 7.82. The molecule has 1 amide bonds. The lowest BCUT2D eigenvalue weighted by atomic mass is 10.1. The van der Waals surface area contributed by atoms with Crippen LogP contribution in [0, 0.1) is 6.92 Å². The zero-order chi connectivity index (χ0) is 17.4. The minimum atomic E-state index is -0.666. The molecule has 0 saturated carbocycles.